The fraction of sp³-hybridized carbons (Fsp3) is 0.417. The normalized spacial score (nSPS) is 11.8. The van der Waals surface area contributed by atoms with Gasteiger partial charge in [0.1, 0.15) is 10.8 Å². The Bertz CT molecular complexity index is 637. The summed E-state index contributed by atoms with van der Waals surface area (Å²) in [6.45, 7) is 4.01. The molecule has 5 nitrogen and oxygen atoms in total. The second-order valence-corrected chi connectivity index (χ2v) is 5.54. The van der Waals surface area contributed by atoms with Crippen LogP contribution in [0.4, 0.5) is 0 Å². The van der Waals surface area contributed by atoms with Crippen LogP contribution in [0.2, 0.25) is 10.4 Å². The van der Waals surface area contributed by atoms with Crippen molar-refractivity contribution < 1.29 is 9.53 Å². The van der Waals surface area contributed by atoms with Gasteiger partial charge in [-0.15, -0.1) is 0 Å². The van der Waals surface area contributed by atoms with Gasteiger partial charge < -0.3 is 9.30 Å². The lowest BCUT2D eigenvalue weighted by Crippen LogP contribution is -2.30. The summed E-state index contributed by atoms with van der Waals surface area (Å²) >= 11 is 11.8. The first kappa shape index (κ1) is 14.1. The molecule has 2 rings (SSSR count). The van der Waals surface area contributed by atoms with Crippen LogP contribution in [0, 0.1) is 5.41 Å². The molecular formula is C12H13Cl2N3O2. The van der Waals surface area contributed by atoms with E-state index >= 15 is 0 Å². The second kappa shape index (κ2) is 4.98. The van der Waals surface area contributed by atoms with Crippen molar-refractivity contribution in [3.8, 4) is 0 Å². The molecule has 0 aliphatic rings. The Kier molecular flexibility index (Phi) is 3.69. The first-order valence-electron chi connectivity index (χ1n) is 5.61. The number of methoxy groups -OCH3 is 1. The summed E-state index contributed by atoms with van der Waals surface area (Å²) in [6.07, 6.45) is 1.80. The lowest BCUT2D eigenvalue weighted by Gasteiger charge is -2.22. The highest BCUT2D eigenvalue weighted by Crippen LogP contribution is 2.27. The average molecular weight is 302 g/mol. The van der Waals surface area contributed by atoms with E-state index in [1.165, 1.54) is 7.11 Å². The first-order valence-corrected chi connectivity index (χ1v) is 6.37. The number of fused-ring (bicyclic) bond motifs is 1. The van der Waals surface area contributed by atoms with Crippen LogP contribution in [0.5, 0.6) is 0 Å². The van der Waals surface area contributed by atoms with Gasteiger partial charge in [-0.25, -0.2) is 4.98 Å². The van der Waals surface area contributed by atoms with Gasteiger partial charge in [-0.05, 0) is 31.5 Å². The van der Waals surface area contributed by atoms with Gasteiger partial charge in [0.05, 0.1) is 17.9 Å². The molecule has 2 aromatic rings. The van der Waals surface area contributed by atoms with Crippen LogP contribution >= 0.6 is 23.2 Å². The van der Waals surface area contributed by atoms with Crippen molar-refractivity contribution in [3.63, 3.8) is 0 Å². The van der Waals surface area contributed by atoms with Gasteiger partial charge in [-0.1, -0.05) is 11.6 Å². The molecule has 0 N–H and O–H groups in total. The van der Waals surface area contributed by atoms with E-state index in [0.29, 0.717) is 22.7 Å². The molecule has 0 amide bonds. The standard InChI is InChI=1S/C12H13Cl2N3O2/c1-12(2,10(18)19-3)6-17-5-4-7-8(13)15-11(14)16-9(7)17/h4-5H,6H2,1-3H3. The Morgan fingerprint density at radius 1 is 1.42 bits per heavy atom. The molecule has 0 bridgehead atoms. The summed E-state index contributed by atoms with van der Waals surface area (Å²) in [5, 5.41) is 1.07. The molecule has 2 heterocycles. The number of hydrogen-bond acceptors (Lipinski definition) is 4. The summed E-state index contributed by atoms with van der Waals surface area (Å²) in [4.78, 5) is 19.7. The molecule has 19 heavy (non-hydrogen) atoms. The maximum absolute atomic E-state index is 11.7. The SMILES string of the molecule is COC(=O)C(C)(C)Cn1ccc2c(Cl)nc(Cl)nc21. The predicted molar refractivity (Wildman–Crippen MR) is 73.3 cm³/mol. The van der Waals surface area contributed by atoms with Gasteiger partial charge in [-0.2, -0.15) is 4.98 Å². The van der Waals surface area contributed by atoms with Crippen LogP contribution in [0.15, 0.2) is 12.3 Å². The van der Waals surface area contributed by atoms with Crippen LogP contribution < -0.4 is 0 Å². The third-order valence-electron chi connectivity index (χ3n) is 2.85. The van der Waals surface area contributed by atoms with Crippen LogP contribution in [-0.2, 0) is 16.1 Å². The lowest BCUT2D eigenvalue weighted by molar-refractivity contribution is -0.151. The molecule has 2 aromatic heterocycles. The van der Waals surface area contributed by atoms with Crippen LogP contribution in [-0.4, -0.2) is 27.6 Å². The maximum atomic E-state index is 11.7. The van der Waals surface area contributed by atoms with Crippen LogP contribution in [0.3, 0.4) is 0 Å². The quantitative estimate of drug-likeness (QED) is 0.497. The number of rotatable bonds is 3. The zero-order valence-corrected chi connectivity index (χ0v) is 12.3. The monoisotopic (exact) mass is 301 g/mol. The zero-order valence-electron chi connectivity index (χ0n) is 10.8. The van der Waals surface area contributed by atoms with Crippen molar-refractivity contribution >= 4 is 40.2 Å². The lowest BCUT2D eigenvalue weighted by atomic mass is 9.94. The predicted octanol–water partition coefficient (Wildman–Crippen LogP) is 2.94. The molecule has 0 aliphatic carbocycles. The molecule has 102 valence electrons. The van der Waals surface area contributed by atoms with Gasteiger partial charge in [0.2, 0.25) is 5.28 Å². The number of carbonyl (C=O) groups excluding carboxylic acids is 1. The number of ether oxygens (including phenoxy) is 1. The van der Waals surface area contributed by atoms with E-state index < -0.39 is 5.41 Å². The van der Waals surface area contributed by atoms with Gasteiger partial charge in [0, 0.05) is 12.7 Å². The van der Waals surface area contributed by atoms with E-state index in [9.17, 15) is 4.79 Å². The molecule has 0 saturated heterocycles. The highest BCUT2D eigenvalue weighted by Gasteiger charge is 2.30. The topological polar surface area (TPSA) is 57.0 Å². The average Bonchev–Trinajstić information content (AvgIpc) is 2.71. The number of nitrogens with zero attached hydrogens (tertiary/aromatic N) is 3. The summed E-state index contributed by atoms with van der Waals surface area (Å²) in [5.41, 5.74) is -0.0769. The van der Waals surface area contributed by atoms with Gasteiger partial charge in [0.25, 0.3) is 0 Å². The molecule has 0 spiro atoms. The van der Waals surface area contributed by atoms with E-state index in [-0.39, 0.29) is 11.3 Å². The number of hydrogen-bond donors (Lipinski definition) is 0. The third-order valence-corrected chi connectivity index (χ3v) is 3.31. The minimum absolute atomic E-state index is 0.0772. The van der Waals surface area contributed by atoms with E-state index in [2.05, 4.69) is 9.97 Å². The van der Waals surface area contributed by atoms with Gasteiger partial charge in [0.15, 0.2) is 0 Å². The number of halogens is 2. The largest absolute Gasteiger partial charge is 0.469 e. The van der Waals surface area contributed by atoms with Crippen molar-refractivity contribution in [2.24, 2.45) is 5.41 Å². The van der Waals surface area contributed by atoms with Crippen LogP contribution in [0.1, 0.15) is 13.8 Å². The minimum atomic E-state index is -0.676. The highest BCUT2D eigenvalue weighted by atomic mass is 35.5. The van der Waals surface area contributed by atoms with E-state index in [1.807, 2.05) is 4.57 Å². The molecule has 7 heteroatoms. The maximum Gasteiger partial charge on any atom is 0.313 e. The highest BCUT2D eigenvalue weighted by molar-refractivity contribution is 6.35. The van der Waals surface area contributed by atoms with Gasteiger partial charge >= 0.3 is 5.97 Å². The summed E-state index contributed by atoms with van der Waals surface area (Å²) in [6, 6.07) is 1.79. The van der Waals surface area contributed by atoms with Crippen molar-refractivity contribution in [2.75, 3.05) is 7.11 Å². The van der Waals surface area contributed by atoms with Crippen molar-refractivity contribution in [1.82, 2.24) is 14.5 Å². The number of esters is 1. The summed E-state index contributed by atoms with van der Waals surface area (Å²) in [7, 11) is 1.37. The molecule has 0 unspecified atom stereocenters. The third kappa shape index (κ3) is 2.67. The second-order valence-electron chi connectivity index (χ2n) is 4.84. The molecule has 0 aliphatic heterocycles. The summed E-state index contributed by atoms with van der Waals surface area (Å²) in [5.74, 6) is -0.291. The molecule has 0 fully saturated rings. The molecular weight excluding hydrogens is 289 g/mol. The van der Waals surface area contributed by atoms with Crippen molar-refractivity contribution in [2.45, 2.75) is 20.4 Å². The molecule has 0 saturated carbocycles. The number of carbonyl (C=O) groups is 1. The molecule has 0 radical (unpaired) electrons. The Labute approximate surface area is 120 Å². The minimum Gasteiger partial charge on any atom is -0.469 e. The molecule has 0 aromatic carbocycles. The Morgan fingerprint density at radius 2 is 2.11 bits per heavy atom. The number of aromatic nitrogens is 3. The van der Waals surface area contributed by atoms with Crippen molar-refractivity contribution in [1.29, 1.82) is 0 Å². The fourth-order valence-electron chi connectivity index (χ4n) is 1.90. The fourth-order valence-corrected chi connectivity index (χ4v) is 2.33. The zero-order chi connectivity index (χ0) is 14.2. The van der Waals surface area contributed by atoms with Gasteiger partial charge in [-0.3, -0.25) is 4.79 Å². The Morgan fingerprint density at radius 3 is 2.74 bits per heavy atom. The van der Waals surface area contributed by atoms with E-state index in [4.69, 9.17) is 27.9 Å². The molecule has 0 atom stereocenters. The van der Waals surface area contributed by atoms with Crippen LogP contribution in [0.25, 0.3) is 11.0 Å². The Hall–Kier alpha value is -1.33. The first-order chi connectivity index (χ1) is 8.85. The van der Waals surface area contributed by atoms with Crippen molar-refractivity contribution in [3.05, 3.63) is 22.7 Å². The Balaban J connectivity index is 2.44. The summed E-state index contributed by atoms with van der Waals surface area (Å²) < 4.78 is 6.60. The smallest absolute Gasteiger partial charge is 0.313 e. The van der Waals surface area contributed by atoms with E-state index in [1.54, 1.807) is 26.1 Å². The van der Waals surface area contributed by atoms with E-state index in [0.717, 1.165) is 0 Å².